The molecule has 0 bridgehead atoms. The molecule has 3 heterocycles. The van der Waals surface area contributed by atoms with Gasteiger partial charge in [0.2, 0.25) is 17.5 Å². The van der Waals surface area contributed by atoms with E-state index in [-0.39, 0.29) is 33.6 Å². The first-order chi connectivity index (χ1) is 36.8. The Morgan fingerprint density at radius 2 is 1.08 bits per heavy atom. The van der Waals surface area contributed by atoms with E-state index in [2.05, 4.69) is 0 Å². The van der Waals surface area contributed by atoms with Gasteiger partial charge in [0, 0.05) is 45.4 Å². The lowest BCUT2D eigenvalue weighted by atomic mass is 9.97. The number of carbonyl (C=O) groups excluding carboxylic acids is 7. The quantitative estimate of drug-likeness (QED) is 0.0664. The minimum absolute atomic E-state index is 0.00492. The molecule has 0 aliphatic carbocycles. The topological polar surface area (TPSA) is 292 Å². The molecule has 2 saturated heterocycles. The SMILES string of the molecule is CC(=O)Oc1ccc(-c2oc3cc(O)cc(OC(C)=O)c3c(=O)c2O[C@@H]2OC[C@H](OC(C)=O)[C@H](OC(C)=O)[C@H]2O[C@@H]2O[C@@H](C)[C@H](OC(=O)c3ccccc3)[C@@H](OC(=O)c3ccccc3)[C@H]2OC(=O)c2ccccc2)cc1O. The van der Waals surface area contributed by atoms with Crippen molar-refractivity contribution < 1.29 is 100 Å². The van der Waals surface area contributed by atoms with Gasteiger partial charge >= 0.3 is 41.8 Å². The van der Waals surface area contributed by atoms with Crippen molar-refractivity contribution in [3.63, 3.8) is 0 Å². The van der Waals surface area contributed by atoms with Crippen LogP contribution in [0, 0.1) is 0 Å². The highest BCUT2D eigenvalue weighted by Crippen LogP contribution is 2.41. The first kappa shape index (κ1) is 54.2. The number of carbonyl (C=O) groups is 7. The van der Waals surface area contributed by atoms with E-state index in [9.17, 15) is 43.8 Å². The maximum absolute atomic E-state index is 15.0. The molecule has 22 nitrogen and oxygen atoms in total. The largest absolute Gasteiger partial charge is 0.508 e. The standard InChI is InChI=1S/C55H48O22/c1-27-44(73-51(63)32-15-9-6-10-16-32)48(74-52(64)33-17-11-7-12-18-33)50(75-53(65)34-19-13-8-14-20-34)55(67-27)77-49-46(71-31(5)59)41(70-30(4)58)26-66-54(49)76-47-43(62)42-39(69-29(3)57)24-36(60)25-40(42)72-45(47)35-21-22-38(37(61)23-35)68-28(2)56/h6-25,27,41,44,46,48-50,54-55,60-61H,26H2,1-5H3/t27-,41-,44-,46-,48+,49+,50+,54-,55-/m0/s1. The van der Waals surface area contributed by atoms with Crippen LogP contribution < -0.4 is 19.6 Å². The molecule has 0 amide bonds. The second-order valence-corrected chi connectivity index (χ2v) is 17.3. The lowest BCUT2D eigenvalue weighted by Gasteiger charge is -2.47. The second kappa shape index (κ2) is 23.6. The van der Waals surface area contributed by atoms with E-state index in [1.807, 2.05) is 0 Å². The van der Waals surface area contributed by atoms with Crippen LogP contribution in [0.2, 0.25) is 0 Å². The predicted molar refractivity (Wildman–Crippen MR) is 261 cm³/mol. The second-order valence-electron chi connectivity index (χ2n) is 17.3. The van der Waals surface area contributed by atoms with Crippen molar-refractivity contribution in [3.05, 3.63) is 148 Å². The van der Waals surface area contributed by atoms with E-state index < -0.39 is 143 Å². The average molecular weight is 1060 g/mol. The summed E-state index contributed by atoms with van der Waals surface area (Å²) < 4.78 is 71.9. The Morgan fingerprint density at radius 3 is 1.61 bits per heavy atom. The van der Waals surface area contributed by atoms with Crippen LogP contribution >= 0.6 is 0 Å². The van der Waals surface area contributed by atoms with Gasteiger partial charge in [0.15, 0.2) is 60.2 Å². The summed E-state index contributed by atoms with van der Waals surface area (Å²) in [5.74, 6) is -9.58. The monoisotopic (exact) mass is 1060 g/mol. The fourth-order valence-electron chi connectivity index (χ4n) is 8.40. The number of fused-ring (bicyclic) bond motifs is 1. The van der Waals surface area contributed by atoms with Crippen molar-refractivity contribution in [1.82, 2.24) is 0 Å². The molecule has 22 heteroatoms. The minimum atomic E-state index is -2.00. The Labute approximate surface area is 436 Å². The first-order valence-electron chi connectivity index (χ1n) is 23.6. The van der Waals surface area contributed by atoms with E-state index in [0.29, 0.717) is 0 Å². The van der Waals surface area contributed by atoms with Gasteiger partial charge in [-0.05, 0) is 61.5 Å². The third-order valence-corrected chi connectivity index (χ3v) is 11.6. The van der Waals surface area contributed by atoms with Crippen LogP contribution in [0.15, 0.2) is 131 Å². The highest BCUT2D eigenvalue weighted by molar-refractivity contribution is 5.92. The van der Waals surface area contributed by atoms with E-state index in [1.54, 1.807) is 54.6 Å². The zero-order valence-corrected chi connectivity index (χ0v) is 41.5. The summed E-state index contributed by atoms with van der Waals surface area (Å²) in [6.07, 6.45) is -15.8. The van der Waals surface area contributed by atoms with Gasteiger partial charge in [-0.25, -0.2) is 14.4 Å². The molecule has 5 aromatic carbocycles. The fourth-order valence-corrected chi connectivity index (χ4v) is 8.40. The molecule has 1 aromatic heterocycles. The van der Waals surface area contributed by atoms with Gasteiger partial charge in [-0.3, -0.25) is 24.0 Å². The molecule has 0 saturated carbocycles. The average Bonchev–Trinajstić information content (AvgIpc) is 3.44. The molecule has 0 radical (unpaired) electrons. The van der Waals surface area contributed by atoms with Crippen molar-refractivity contribution >= 4 is 52.8 Å². The summed E-state index contributed by atoms with van der Waals surface area (Å²) in [4.78, 5) is 107. The van der Waals surface area contributed by atoms with Crippen molar-refractivity contribution in [2.45, 2.75) is 89.9 Å². The number of esters is 7. The van der Waals surface area contributed by atoms with Gasteiger partial charge < -0.3 is 66.7 Å². The zero-order chi connectivity index (χ0) is 55.1. The first-order valence-corrected chi connectivity index (χ1v) is 23.6. The molecule has 8 rings (SSSR count). The number of rotatable bonds is 15. The number of phenolic OH excluding ortho intramolecular Hbond substituents is 2. The smallest absolute Gasteiger partial charge is 0.338 e. The van der Waals surface area contributed by atoms with Crippen LogP contribution in [-0.4, -0.2) is 114 Å². The van der Waals surface area contributed by atoms with Crippen LogP contribution in [0.1, 0.15) is 65.7 Å². The maximum atomic E-state index is 15.0. The summed E-state index contributed by atoms with van der Waals surface area (Å²) >= 11 is 0. The number of hydrogen-bond acceptors (Lipinski definition) is 22. The van der Waals surface area contributed by atoms with Gasteiger partial charge in [0.1, 0.15) is 22.5 Å². The van der Waals surface area contributed by atoms with Gasteiger partial charge in [0.25, 0.3) is 0 Å². The Morgan fingerprint density at radius 1 is 0.545 bits per heavy atom. The molecule has 6 aromatic rings. The van der Waals surface area contributed by atoms with Crippen molar-refractivity contribution in [2.75, 3.05) is 6.61 Å². The van der Waals surface area contributed by atoms with E-state index in [1.165, 1.54) is 55.5 Å². The number of benzene rings is 5. The maximum Gasteiger partial charge on any atom is 0.338 e. The van der Waals surface area contributed by atoms with Crippen LogP contribution in [0.5, 0.6) is 28.7 Å². The number of phenols is 2. The van der Waals surface area contributed by atoms with Crippen LogP contribution in [-0.2, 0) is 57.1 Å². The molecular formula is C55H48O22. The molecule has 400 valence electrons. The van der Waals surface area contributed by atoms with Gasteiger partial charge in [0.05, 0.1) is 29.4 Å². The minimum Gasteiger partial charge on any atom is -0.508 e. The summed E-state index contributed by atoms with van der Waals surface area (Å²) in [5.41, 5.74) is -1.46. The zero-order valence-electron chi connectivity index (χ0n) is 41.5. The fraction of sp³-hybridized carbons (Fsp3) is 0.273. The Bertz CT molecular complexity index is 3250. The third-order valence-electron chi connectivity index (χ3n) is 11.6. The van der Waals surface area contributed by atoms with Crippen LogP contribution in [0.3, 0.4) is 0 Å². The highest BCUT2D eigenvalue weighted by atomic mass is 16.8. The van der Waals surface area contributed by atoms with Crippen molar-refractivity contribution in [3.8, 4) is 40.1 Å². The Kier molecular flexibility index (Phi) is 16.6. The highest BCUT2D eigenvalue weighted by Gasteiger charge is 2.56. The molecule has 2 N–H and O–H groups in total. The number of ether oxygens (including phenoxy) is 11. The predicted octanol–water partition coefficient (Wildman–Crippen LogP) is 6.13. The molecule has 2 aliphatic rings. The normalized spacial score (nSPS) is 21.9. The Hall–Kier alpha value is -9.12. The van der Waals surface area contributed by atoms with E-state index >= 15 is 4.79 Å². The van der Waals surface area contributed by atoms with Gasteiger partial charge in [-0.1, -0.05) is 54.6 Å². The molecule has 0 spiro atoms. The lowest BCUT2D eigenvalue weighted by Crippen LogP contribution is -2.65. The third kappa shape index (κ3) is 12.7. The summed E-state index contributed by atoms with van der Waals surface area (Å²) in [6, 6.07) is 28.5. The van der Waals surface area contributed by atoms with E-state index in [4.69, 9.17) is 56.5 Å². The van der Waals surface area contributed by atoms with Gasteiger partial charge in [-0.15, -0.1) is 0 Å². The molecule has 2 fully saturated rings. The van der Waals surface area contributed by atoms with Crippen LogP contribution in [0.25, 0.3) is 22.3 Å². The molecular weight excluding hydrogens is 1010 g/mol. The molecule has 77 heavy (non-hydrogen) atoms. The lowest BCUT2D eigenvalue weighted by molar-refractivity contribution is -0.343. The summed E-state index contributed by atoms with van der Waals surface area (Å²) in [5, 5.41) is 21.2. The molecule has 0 unspecified atom stereocenters. The number of hydrogen-bond donors (Lipinski definition) is 2. The summed E-state index contributed by atoms with van der Waals surface area (Å²) in [6.45, 7) is 5.02. The van der Waals surface area contributed by atoms with Crippen molar-refractivity contribution in [1.29, 1.82) is 0 Å². The van der Waals surface area contributed by atoms with E-state index in [0.717, 1.165) is 45.9 Å². The Balaban J connectivity index is 1.29. The number of aromatic hydroxyl groups is 2. The van der Waals surface area contributed by atoms with Gasteiger partial charge in [-0.2, -0.15) is 0 Å². The van der Waals surface area contributed by atoms with Crippen molar-refractivity contribution in [2.24, 2.45) is 0 Å². The molecule has 2 aliphatic heterocycles. The molecule has 9 atom stereocenters. The van der Waals surface area contributed by atoms with Crippen LogP contribution in [0.4, 0.5) is 0 Å². The summed E-state index contributed by atoms with van der Waals surface area (Å²) in [7, 11) is 0.